The molecule has 9 rings (SSSR count). The fourth-order valence-electron chi connectivity index (χ4n) is 9.18. The molecule has 2 atom stereocenters. The summed E-state index contributed by atoms with van der Waals surface area (Å²) < 4.78 is 33.6. The summed E-state index contributed by atoms with van der Waals surface area (Å²) in [5, 5.41) is 0. The topological polar surface area (TPSA) is 47.0 Å². The zero-order chi connectivity index (χ0) is 41.9. The molecule has 3 aliphatic heterocycles. The van der Waals surface area contributed by atoms with Gasteiger partial charge >= 0.3 is 21.1 Å². The van der Waals surface area contributed by atoms with Crippen LogP contribution in [0.4, 0.5) is 17.2 Å². The predicted molar refractivity (Wildman–Crippen MR) is 229 cm³/mol. The van der Waals surface area contributed by atoms with Gasteiger partial charge in [-0.2, -0.15) is 6.07 Å². The second kappa shape index (κ2) is 12.8. The minimum Gasteiger partial charge on any atom is -0.510 e. The van der Waals surface area contributed by atoms with E-state index < -0.39 is 22.9 Å². The van der Waals surface area contributed by atoms with Crippen LogP contribution in [-0.4, -0.2) is 16.5 Å². The minimum absolute atomic E-state index is 0. The second-order valence-corrected chi connectivity index (χ2v) is 20.3. The molecule has 57 heavy (non-hydrogen) atoms. The predicted octanol–water partition coefficient (Wildman–Crippen LogP) is 12.9. The fraction of sp³-hybridized carbons (Fsp3) is 0.400. The molecule has 4 heterocycles. The van der Waals surface area contributed by atoms with Crippen molar-refractivity contribution < 1.29 is 33.3 Å². The van der Waals surface area contributed by atoms with Crippen LogP contribution < -0.4 is 9.64 Å². The number of aryl methyl sites for hydroxylation is 5. The molecular formula is C50H53N3O2PtS. The van der Waals surface area contributed by atoms with Gasteiger partial charge in [0.1, 0.15) is 22.9 Å². The first kappa shape index (κ1) is 37.4. The molecule has 4 aliphatic rings. The Hall–Kier alpha value is -3.86. The quantitative estimate of drug-likeness (QED) is 0.165. The van der Waals surface area contributed by atoms with Crippen LogP contribution in [0.1, 0.15) is 126 Å². The summed E-state index contributed by atoms with van der Waals surface area (Å²) in [6.07, 6.45) is 0.107. The Bertz CT molecular complexity index is 2670. The van der Waals surface area contributed by atoms with Crippen LogP contribution in [0, 0.1) is 52.2 Å². The Morgan fingerprint density at radius 3 is 2.19 bits per heavy atom. The molecule has 1 aliphatic carbocycles. The largest absolute Gasteiger partial charge is 2.00 e. The summed E-state index contributed by atoms with van der Waals surface area (Å²) >= 11 is 1.78. The molecule has 0 amide bonds. The molecule has 296 valence electrons. The second-order valence-electron chi connectivity index (χ2n) is 19.2. The van der Waals surface area contributed by atoms with Gasteiger partial charge in [-0.3, -0.25) is 4.99 Å². The average molecular weight is 957 g/mol. The number of nitrogens with zero attached hydrogens (tertiary/aromatic N) is 3. The molecule has 0 radical (unpaired) electrons. The van der Waals surface area contributed by atoms with Crippen molar-refractivity contribution in [3.63, 3.8) is 0 Å². The fourth-order valence-corrected chi connectivity index (χ4v) is 10.4. The number of aromatic nitrogens is 1. The number of hydrogen-bond acceptors (Lipinski definition) is 6. The molecule has 0 unspecified atom stereocenters. The summed E-state index contributed by atoms with van der Waals surface area (Å²) in [4.78, 5) is 15.0. The van der Waals surface area contributed by atoms with Crippen LogP contribution in [0.2, 0.25) is 0 Å². The van der Waals surface area contributed by atoms with Crippen molar-refractivity contribution in [1.82, 2.24) is 4.98 Å². The number of anilines is 3. The van der Waals surface area contributed by atoms with E-state index in [2.05, 4.69) is 137 Å². The smallest absolute Gasteiger partial charge is 0.510 e. The van der Waals surface area contributed by atoms with Crippen LogP contribution in [0.3, 0.4) is 0 Å². The molecule has 0 spiro atoms. The van der Waals surface area contributed by atoms with E-state index in [1.165, 1.54) is 16.0 Å². The molecular weight excluding hydrogens is 902 g/mol. The van der Waals surface area contributed by atoms with E-state index in [4.69, 9.17) is 19.5 Å². The van der Waals surface area contributed by atoms with Gasteiger partial charge in [0, 0.05) is 37.1 Å². The van der Waals surface area contributed by atoms with E-state index in [9.17, 15) is 2.74 Å². The zero-order valence-corrected chi connectivity index (χ0v) is 38.7. The molecule has 0 saturated carbocycles. The number of pyridine rings is 1. The minimum atomic E-state index is -1.83. The van der Waals surface area contributed by atoms with Gasteiger partial charge in [0.15, 0.2) is 0 Å². The third kappa shape index (κ3) is 5.81. The Kier molecular flexibility index (Phi) is 8.41. The summed E-state index contributed by atoms with van der Waals surface area (Å²) in [5.74, 6) is 2.39. The monoisotopic (exact) mass is 956 g/mol. The van der Waals surface area contributed by atoms with E-state index in [-0.39, 0.29) is 31.9 Å². The van der Waals surface area contributed by atoms with Gasteiger partial charge in [-0.1, -0.05) is 116 Å². The molecule has 5 nitrogen and oxygen atoms in total. The van der Waals surface area contributed by atoms with Crippen LogP contribution in [0.25, 0.3) is 0 Å². The Balaban J connectivity index is 0.00000484. The Morgan fingerprint density at radius 1 is 0.807 bits per heavy atom. The first-order valence-electron chi connectivity index (χ1n) is 20.7. The molecule has 7 heteroatoms. The summed E-state index contributed by atoms with van der Waals surface area (Å²) in [6.45, 7) is 29.8. The third-order valence-electron chi connectivity index (χ3n) is 12.6. The maximum atomic E-state index is 9.79. The summed E-state index contributed by atoms with van der Waals surface area (Å²) in [7, 11) is 0. The number of aliphatic imine (C=N–C) groups is 1. The van der Waals surface area contributed by atoms with Gasteiger partial charge in [0.05, 0.1) is 10.6 Å². The first-order chi connectivity index (χ1) is 26.9. The molecule has 0 N–H and O–H groups in total. The van der Waals surface area contributed by atoms with Crippen molar-refractivity contribution in [2.24, 2.45) is 10.4 Å². The van der Waals surface area contributed by atoms with Crippen LogP contribution >= 0.6 is 11.8 Å². The average Bonchev–Trinajstić information content (AvgIpc) is 3.52. The van der Waals surface area contributed by atoms with Gasteiger partial charge in [0.2, 0.25) is 0 Å². The molecule has 0 bridgehead atoms. The number of rotatable bonds is 3. The van der Waals surface area contributed by atoms with Crippen molar-refractivity contribution in [3.05, 3.63) is 128 Å². The van der Waals surface area contributed by atoms with Gasteiger partial charge in [-0.05, 0) is 96.5 Å². The van der Waals surface area contributed by atoms with Crippen molar-refractivity contribution in [1.29, 1.82) is 0 Å². The van der Waals surface area contributed by atoms with Gasteiger partial charge in [0.25, 0.3) is 0 Å². The normalized spacial score (nSPS) is 22.4. The van der Waals surface area contributed by atoms with Gasteiger partial charge in [-0.25, -0.2) is 4.98 Å². The SMILES string of the molecule is [2H]C1([2H])c2cc(C)c(C)cc2[C@@]2(C)N=C(c3[c-]c(Oc4[c-]c5c(cc4C)C(C)(C)c4cc(C)cc6c4N5c4ncc(C)cc4S6)cc(C(C)(C)C)c3)O[C@@]12C(C)(C)C.[Pt+2]. The van der Waals surface area contributed by atoms with Gasteiger partial charge < -0.3 is 14.4 Å². The number of ether oxygens (including phenoxy) is 2. The zero-order valence-electron chi connectivity index (χ0n) is 37.6. The standard InChI is InChI=1S/C50H53N3O2S.Pt/c1-27-15-38-43-41(16-27)56-42-17-28(2)26-51-44(42)53(43)39-24-40(31(5)20-37(39)48(38,12)13)54-35-22-32(21-34(23-35)46(6,7)8)45-52-49(14)36-19-30(4)29(3)18-33(36)25-50(49,55-45)47(9,10)11;/h15-21,23,26H,25H2,1-14H3;/q-2;+2/t49-,50-;/m1./s1/i25D2;. The molecule has 0 saturated heterocycles. The van der Waals surface area contributed by atoms with E-state index in [0.29, 0.717) is 28.5 Å². The molecule has 1 aromatic heterocycles. The first-order valence-corrected chi connectivity index (χ1v) is 20.5. The number of hydrogen-bond donors (Lipinski definition) is 0. The summed E-state index contributed by atoms with van der Waals surface area (Å²) in [6, 6.07) is 24.6. The molecule has 4 aromatic carbocycles. The van der Waals surface area contributed by atoms with Crippen LogP contribution in [-0.2, 0) is 48.5 Å². The third-order valence-corrected chi connectivity index (χ3v) is 13.6. The van der Waals surface area contributed by atoms with E-state index in [1.54, 1.807) is 11.8 Å². The van der Waals surface area contributed by atoms with Crippen LogP contribution in [0.15, 0.2) is 69.5 Å². The van der Waals surface area contributed by atoms with E-state index in [1.807, 2.05) is 32.2 Å². The molecule has 5 aromatic rings. The number of fused-ring (bicyclic) bond motifs is 7. The maximum absolute atomic E-state index is 9.79. The van der Waals surface area contributed by atoms with E-state index >= 15 is 0 Å². The van der Waals surface area contributed by atoms with Crippen LogP contribution in [0.5, 0.6) is 11.5 Å². The summed E-state index contributed by atoms with van der Waals surface area (Å²) in [5.41, 5.74) is 9.66. The van der Waals surface area contributed by atoms with E-state index in [0.717, 1.165) is 61.0 Å². The maximum Gasteiger partial charge on any atom is 2.00 e. The van der Waals surface area contributed by atoms with Crippen molar-refractivity contribution in [2.45, 2.75) is 135 Å². The van der Waals surface area contributed by atoms with Crippen molar-refractivity contribution in [2.75, 3.05) is 4.90 Å². The number of benzene rings is 4. The van der Waals surface area contributed by atoms with Crippen molar-refractivity contribution >= 4 is 34.9 Å². The van der Waals surface area contributed by atoms with Crippen molar-refractivity contribution in [3.8, 4) is 11.5 Å². The Labute approximate surface area is 361 Å². The molecule has 0 fully saturated rings. The van der Waals surface area contributed by atoms with Gasteiger partial charge in [-0.15, -0.1) is 28.8 Å². The Morgan fingerprint density at radius 2 is 1.49 bits per heavy atom.